The summed E-state index contributed by atoms with van der Waals surface area (Å²) >= 11 is 0. The van der Waals surface area contributed by atoms with E-state index in [4.69, 9.17) is 0 Å². The zero-order chi connectivity index (χ0) is 14.7. The van der Waals surface area contributed by atoms with Gasteiger partial charge in [-0.1, -0.05) is 72.7 Å². The van der Waals surface area contributed by atoms with Crippen molar-refractivity contribution in [3.8, 4) is 0 Å². The van der Waals surface area contributed by atoms with Gasteiger partial charge < -0.3 is 10.5 Å². The van der Waals surface area contributed by atoms with Gasteiger partial charge in [0, 0.05) is 24.4 Å². The number of nitrogens with zero attached hydrogens (tertiary/aromatic N) is 1. The minimum Gasteiger partial charge on any atom is -0.411 e. The zero-order valence-electron chi connectivity index (χ0n) is 12.1. The van der Waals surface area contributed by atoms with Gasteiger partial charge in [0.05, 0.1) is 5.71 Å². The van der Waals surface area contributed by atoms with Crippen molar-refractivity contribution in [3.63, 3.8) is 0 Å². The van der Waals surface area contributed by atoms with Crippen LogP contribution in [0.5, 0.6) is 0 Å². The van der Waals surface area contributed by atoms with Crippen molar-refractivity contribution in [1.82, 2.24) is 5.32 Å². The van der Waals surface area contributed by atoms with E-state index in [1.165, 1.54) is 11.1 Å². The molecule has 3 nitrogen and oxygen atoms in total. The van der Waals surface area contributed by atoms with E-state index in [0.717, 1.165) is 12.1 Å². The van der Waals surface area contributed by atoms with Gasteiger partial charge in [-0.05, 0) is 11.1 Å². The second-order valence-corrected chi connectivity index (χ2v) is 5.60. The number of hydrogen-bond acceptors (Lipinski definition) is 3. The van der Waals surface area contributed by atoms with Crippen molar-refractivity contribution in [2.75, 3.05) is 0 Å². The van der Waals surface area contributed by atoms with E-state index in [9.17, 15) is 5.21 Å². The molecule has 0 saturated carbocycles. The van der Waals surface area contributed by atoms with Crippen LogP contribution in [0, 0.1) is 5.92 Å². The first-order chi connectivity index (χ1) is 10.3. The molecular weight excluding hydrogens is 260 g/mol. The molecular formula is C18H20N2O. The molecule has 0 bridgehead atoms. The largest absolute Gasteiger partial charge is 0.411 e. The third kappa shape index (κ3) is 2.83. The van der Waals surface area contributed by atoms with Crippen molar-refractivity contribution < 1.29 is 5.21 Å². The summed E-state index contributed by atoms with van der Waals surface area (Å²) in [6.07, 6.45) is 0.741. The highest BCUT2D eigenvalue weighted by Gasteiger charge is 2.33. The van der Waals surface area contributed by atoms with E-state index >= 15 is 0 Å². The van der Waals surface area contributed by atoms with Crippen LogP contribution in [0.15, 0.2) is 65.8 Å². The minimum atomic E-state index is 0.163. The van der Waals surface area contributed by atoms with Crippen molar-refractivity contribution in [1.29, 1.82) is 0 Å². The summed E-state index contributed by atoms with van der Waals surface area (Å²) in [6.45, 7) is 2.11. The molecule has 0 aromatic heterocycles. The fraction of sp³-hybridized carbons (Fsp3) is 0.278. The monoisotopic (exact) mass is 280 g/mol. The van der Waals surface area contributed by atoms with Gasteiger partial charge in [0.1, 0.15) is 0 Å². The highest BCUT2D eigenvalue weighted by Crippen LogP contribution is 2.35. The van der Waals surface area contributed by atoms with E-state index in [2.05, 4.69) is 41.7 Å². The number of hydrogen-bond donors (Lipinski definition) is 2. The van der Waals surface area contributed by atoms with Crippen molar-refractivity contribution >= 4 is 5.71 Å². The van der Waals surface area contributed by atoms with Crippen LogP contribution in [0.1, 0.15) is 36.6 Å². The van der Waals surface area contributed by atoms with E-state index in [-0.39, 0.29) is 18.0 Å². The molecule has 21 heavy (non-hydrogen) atoms. The van der Waals surface area contributed by atoms with Gasteiger partial charge in [-0.3, -0.25) is 0 Å². The number of benzene rings is 2. The molecule has 108 valence electrons. The summed E-state index contributed by atoms with van der Waals surface area (Å²) in [4.78, 5) is 0. The lowest BCUT2D eigenvalue weighted by molar-refractivity contribution is 0.294. The molecule has 1 saturated heterocycles. The lowest BCUT2D eigenvalue weighted by atomic mass is 9.81. The Labute approximate surface area is 125 Å². The molecule has 0 radical (unpaired) electrons. The molecule has 3 heteroatoms. The Morgan fingerprint density at radius 3 is 2.10 bits per heavy atom. The topological polar surface area (TPSA) is 44.6 Å². The first-order valence-corrected chi connectivity index (χ1v) is 7.36. The summed E-state index contributed by atoms with van der Waals surface area (Å²) in [5, 5.41) is 16.6. The molecule has 1 heterocycles. The predicted octanol–water partition coefficient (Wildman–Crippen LogP) is 3.93. The second kappa shape index (κ2) is 6.10. The normalized spacial score (nSPS) is 27.7. The van der Waals surface area contributed by atoms with Crippen LogP contribution in [-0.2, 0) is 0 Å². The number of rotatable bonds is 2. The van der Waals surface area contributed by atoms with Crippen LogP contribution in [0.25, 0.3) is 0 Å². The number of nitrogens with one attached hydrogen (secondary N) is 1. The Morgan fingerprint density at radius 2 is 1.52 bits per heavy atom. The molecule has 1 fully saturated rings. The van der Waals surface area contributed by atoms with E-state index in [1.54, 1.807) is 0 Å². The molecule has 3 rings (SSSR count). The number of oxime groups is 1. The third-order valence-electron chi connectivity index (χ3n) is 4.31. The minimum absolute atomic E-state index is 0.163. The average Bonchev–Trinajstić information content (AvgIpc) is 2.56. The van der Waals surface area contributed by atoms with E-state index < -0.39 is 0 Å². The van der Waals surface area contributed by atoms with Gasteiger partial charge in [0.15, 0.2) is 0 Å². The van der Waals surface area contributed by atoms with Gasteiger partial charge >= 0.3 is 0 Å². The maximum absolute atomic E-state index is 9.35. The van der Waals surface area contributed by atoms with Crippen LogP contribution in [0.2, 0.25) is 0 Å². The van der Waals surface area contributed by atoms with Gasteiger partial charge in [0.25, 0.3) is 0 Å². The second-order valence-electron chi connectivity index (χ2n) is 5.60. The zero-order valence-corrected chi connectivity index (χ0v) is 12.1. The van der Waals surface area contributed by atoms with Gasteiger partial charge in [-0.25, -0.2) is 0 Å². The van der Waals surface area contributed by atoms with Gasteiger partial charge in [-0.2, -0.15) is 0 Å². The molecule has 0 unspecified atom stereocenters. The Hall–Kier alpha value is -2.13. The highest BCUT2D eigenvalue weighted by atomic mass is 16.4. The summed E-state index contributed by atoms with van der Waals surface area (Å²) in [5.74, 6) is 0.178. The molecule has 2 aromatic rings. The van der Waals surface area contributed by atoms with Crippen molar-refractivity contribution in [2.45, 2.75) is 25.4 Å². The highest BCUT2D eigenvalue weighted by molar-refractivity contribution is 5.88. The van der Waals surface area contributed by atoms with Crippen molar-refractivity contribution in [3.05, 3.63) is 71.8 Å². The van der Waals surface area contributed by atoms with Crippen LogP contribution < -0.4 is 5.32 Å². The molecule has 2 aromatic carbocycles. The van der Waals surface area contributed by atoms with E-state index in [0.29, 0.717) is 0 Å². The molecule has 1 aliphatic heterocycles. The Morgan fingerprint density at radius 1 is 0.952 bits per heavy atom. The molecule has 3 atom stereocenters. The Balaban J connectivity index is 1.93. The molecule has 1 aliphatic rings. The lowest BCUT2D eigenvalue weighted by Crippen LogP contribution is -2.41. The maximum Gasteiger partial charge on any atom is 0.0636 e. The lowest BCUT2D eigenvalue weighted by Gasteiger charge is -2.37. The van der Waals surface area contributed by atoms with Crippen LogP contribution in [0.4, 0.5) is 0 Å². The van der Waals surface area contributed by atoms with Crippen LogP contribution >= 0.6 is 0 Å². The summed E-state index contributed by atoms with van der Waals surface area (Å²) < 4.78 is 0. The Kier molecular flexibility index (Phi) is 4.02. The standard InChI is InChI=1S/C18H20N2O/c1-13-16(20-21)12-17(14-8-4-2-5-9-14)19-18(13)15-10-6-3-7-11-15/h2-11,13,17-19,21H,12H2,1H3/b20-16-/t13-,17+,18-/m1/s1. The summed E-state index contributed by atoms with van der Waals surface area (Å²) in [7, 11) is 0. The first kappa shape index (κ1) is 13.8. The molecule has 0 aliphatic carbocycles. The van der Waals surface area contributed by atoms with Gasteiger partial charge in [0.2, 0.25) is 0 Å². The smallest absolute Gasteiger partial charge is 0.0636 e. The Bertz CT molecular complexity index is 610. The predicted molar refractivity (Wildman–Crippen MR) is 84.5 cm³/mol. The number of piperidine rings is 1. The average molecular weight is 280 g/mol. The molecule has 0 amide bonds. The third-order valence-corrected chi connectivity index (χ3v) is 4.31. The molecule has 0 spiro atoms. The van der Waals surface area contributed by atoms with Gasteiger partial charge in [-0.15, -0.1) is 0 Å². The van der Waals surface area contributed by atoms with Crippen molar-refractivity contribution in [2.24, 2.45) is 11.1 Å². The SMILES string of the molecule is C[C@@H]1/C(=N\O)C[C@@H](c2ccccc2)N[C@H]1c1ccccc1. The van der Waals surface area contributed by atoms with Crippen LogP contribution in [-0.4, -0.2) is 10.9 Å². The summed E-state index contributed by atoms with van der Waals surface area (Å²) in [5.41, 5.74) is 3.31. The first-order valence-electron chi connectivity index (χ1n) is 7.36. The van der Waals surface area contributed by atoms with E-state index in [1.807, 2.05) is 36.4 Å². The fourth-order valence-corrected chi connectivity index (χ4v) is 3.08. The maximum atomic E-state index is 9.35. The summed E-state index contributed by atoms with van der Waals surface area (Å²) in [6, 6.07) is 21.0. The molecule has 2 N–H and O–H groups in total. The fourth-order valence-electron chi connectivity index (χ4n) is 3.08. The quantitative estimate of drug-likeness (QED) is 0.646. The van der Waals surface area contributed by atoms with Crippen LogP contribution in [0.3, 0.4) is 0 Å².